The van der Waals surface area contributed by atoms with Crippen LogP contribution >= 0.6 is 0 Å². The number of hydrogen-bond donors (Lipinski definition) is 1. The van der Waals surface area contributed by atoms with E-state index in [1.165, 1.54) is 18.1 Å². The molecule has 0 saturated carbocycles. The van der Waals surface area contributed by atoms with E-state index in [4.69, 9.17) is 9.84 Å². The molecule has 7 nitrogen and oxygen atoms in total. The first kappa shape index (κ1) is 11.1. The summed E-state index contributed by atoms with van der Waals surface area (Å²) >= 11 is 0. The number of aromatic nitrogens is 4. The van der Waals surface area contributed by atoms with Crippen LogP contribution in [0.5, 0.6) is 5.75 Å². The molecule has 0 aliphatic heterocycles. The highest BCUT2D eigenvalue weighted by Gasteiger charge is 2.09. The highest BCUT2D eigenvalue weighted by Crippen LogP contribution is 2.23. The fraction of sp³-hybridized carbons (Fsp3) is 0.200. The van der Waals surface area contributed by atoms with Gasteiger partial charge in [0.15, 0.2) is 0 Å². The largest absolute Gasteiger partial charge is 0.494 e. The highest BCUT2D eigenvalue weighted by molar-refractivity contribution is 5.70. The summed E-state index contributed by atoms with van der Waals surface area (Å²) in [6.45, 7) is 0. The van der Waals surface area contributed by atoms with Crippen molar-refractivity contribution in [3.8, 4) is 11.4 Å². The Bertz CT molecular complexity index is 524. The van der Waals surface area contributed by atoms with Crippen molar-refractivity contribution in [1.29, 1.82) is 0 Å². The van der Waals surface area contributed by atoms with Crippen LogP contribution in [-0.4, -0.2) is 38.4 Å². The van der Waals surface area contributed by atoms with E-state index in [1.807, 2.05) is 0 Å². The number of carbonyl (C=O) groups is 1. The molecule has 0 unspecified atom stereocenters. The molecule has 2 aromatic rings. The Labute approximate surface area is 96.6 Å². The zero-order valence-electron chi connectivity index (χ0n) is 9.07. The fourth-order valence-corrected chi connectivity index (χ4v) is 1.47. The minimum absolute atomic E-state index is 0.0494. The van der Waals surface area contributed by atoms with Gasteiger partial charge in [-0.25, -0.2) is 0 Å². The number of tetrazole rings is 1. The number of hydrogen-bond acceptors (Lipinski definition) is 5. The molecule has 0 spiro atoms. The van der Waals surface area contributed by atoms with E-state index >= 15 is 0 Å². The van der Waals surface area contributed by atoms with Crippen LogP contribution in [0, 0.1) is 0 Å². The van der Waals surface area contributed by atoms with Crippen LogP contribution in [0.3, 0.4) is 0 Å². The van der Waals surface area contributed by atoms with Crippen LogP contribution in [0.1, 0.15) is 5.56 Å². The first-order chi connectivity index (χ1) is 8.20. The maximum Gasteiger partial charge on any atom is 0.307 e. The number of benzene rings is 1. The third kappa shape index (κ3) is 2.39. The van der Waals surface area contributed by atoms with Gasteiger partial charge in [0.25, 0.3) is 0 Å². The zero-order valence-corrected chi connectivity index (χ0v) is 9.07. The number of methoxy groups -OCH3 is 1. The number of nitrogens with zero attached hydrogens (tertiary/aromatic N) is 4. The number of rotatable bonds is 4. The van der Waals surface area contributed by atoms with Crippen molar-refractivity contribution in [3.05, 3.63) is 30.1 Å². The van der Waals surface area contributed by atoms with Crippen molar-refractivity contribution in [2.45, 2.75) is 6.42 Å². The molecule has 17 heavy (non-hydrogen) atoms. The van der Waals surface area contributed by atoms with E-state index < -0.39 is 5.97 Å². The normalized spacial score (nSPS) is 10.2. The molecule has 1 aromatic heterocycles. The average Bonchev–Trinajstić information content (AvgIpc) is 2.81. The molecular formula is C10H10N4O3. The summed E-state index contributed by atoms with van der Waals surface area (Å²) in [7, 11) is 1.51. The first-order valence-electron chi connectivity index (χ1n) is 4.83. The second kappa shape index (κ2) is 4.60. The number of carboxylic acid groups (broad SMARTS) is 1. The molecule has 1 aromatic carbocycles. The van der Waals surface area contributed by atoms with Crippen molar-refractivity contribution in [3.63, 3.8) is 0 Å². The predicted octanol–water partition coefficient (Wildman–Crippen LogP) is 0.298. The molecule has 0 saturated heterocycles. The van der Waals surface area contributed by atoms with E-state index in [9.17, 15) is 4.79 Å². The van der Waals surface area contributed by atoms with Gasteiger partial charge in [0.05, 0.1) is 13.5 Å². The van der Waals surface area contributed by atoms with E-state index in [1.54, 1.807) is 18.2 Å². The van der Waals surface area contributed by atoms with Gasteiger partial charge < -0.3 is 9.84 Å². The van der Waals surface area contributed by atoms with Gasteiger partial charge in [0.2, 0.25) is 0 Å². The number of ether oxygens (including phenoxy) is 1. The summed E-state index contributed by atoms with van der Waals surface area (Å²) in [6, 6.07) is 5.08. The molecule has 0 atom stereocenters. The minimum atomic E-state index is -0.887. The lowest BCUT2D eigenvalue weighted by Crippen LogP contribution is -2.03. The van der Waals surface area contributed by atoms with Gasteiger partial charge in [-0.2, -0.15) is 4.68 Å². The van der Waals surface area contributed by atoms with Crippen LogP contribution in [-0.2, 0) is 11.2 Å². The second-order valence-corrected chi connectivity index (χ2v) is 3.33. The van der Waals surface area contributed by atoms with Crippen molar-refractivity contribution in [1.82, 2.24) is 20.2 Å². The third-order valence-electron chi connectivity index (χ3n) is 2.20. The maximum absolute atomic E-state index is 10.6. The zero-order chi connectivity index (χ0) is 12.3. The third-order valence-corrected chi connectivity index (χ3v) is 2.20. The molecule has 7 heteroatoms. The summed E-state index contributed by atoms with van der Waals surface area (Å²) < 4.78 is 6.63. The van der Waals surface area contributed by atoms with Crippen molar-refractivity contribution < 1.29 is 14.6 Å². The Kier molecular flexibility index (Phi) is 2.99. The van der Waals surface area contributed by atoms with Gasteiger partial charge in [-0.1, -0.05) is 6.07 Å². The lowest BCUT2D eigenvalue weighted by atomic mass is 10.1. The summed E-state index contributed by atoms with van der Waals surface area (Å²) in [5, 5.41) is 19.5. The molecule has 0 fully saturated rings. The van der Waals surface area contributed by atoms with Crippen molar-refractivity contribution >= 4 is 5.97 Å². The number of aliphatic carboxylic acids is 1. The topological polar surface area (TPSA) is 90.1 Å². The summed E-state index contributed by atoms with van der Waals surface area (Å²) in [5.41, 5.74) is 1.32. The lowest BCUT2D eigenvalue weighted by molar-refractivity contribution is -0.136. The molecule has 0 amide bonds. The Hall–Kier alpha value is -2.44. The Morgan fingerprint density at radius 2 is 2.35 bits per heavy atom. The molecule has 0 bridgehead atoms. The molecule has 2 rings (SSSR count). The monoisotopic (exact) mass is 234 g/mol. The van der Waals surface area contributed by atoms with Gasteiger partial charge in [-0.15, -0.1) is 5.10 Å². The van der Waals surface area contributed by atoms with Crippen LogP contribution in [0.15, 0.2) is 24.5 Å². The van der Waals surface area contributed by atoms with E-state index in [-0.39, 0.29) is 6.42 Å². The molecular weight excluding hydrogens is 224 g/mol. The minimum Gasteiger partial charge on any atom is -0.494 e. The van der Waals surface area contributed by atoms with Crippen molar-refractivity contribution in [2.24, 2.45) is 0 Å². The standard InChI is InChI=1S/C10H10N4O3/c1-17-9-4-7(5-10(15)16)2-3-8(9)14-6-11-12-13-14/h2-4,6H,5H2,1H3,(H,15,16). The van der Waals surface area contributed by atoms with E-state index in [2.05, 4.69) is 15.5 Å². The Morgan fingerprint density at radius 1 is 1.53 bits per heavy atom. The van der Waals surface area contributed by atoms with Crippen LogP contribution in [0.4, 0.5) is 0 Å². The highest BCUT2D eigenvalue weighted by atomic mass is 16.5. The SMILES string of the molecule is COc1cc(CC(=O)O)ccc1-n1cnnn1. The smallest absolute Gasteiger partial charge is 0.307 e. The van der Waals surface area contributed by atoms with Gasteiger partial charge >= 0.3 is 5.97 Å². The van der Waals surface area contributed by atoms with Gasteiger partial charge in [0, 0.05) is 0 Å². The summed E-state index contributed by atoms with van der Waals surface area (Å²) in [4.78, 5) is 10.6. The summed E-state index contributed by atoms with van der Waals surface area (Å²) in [6.07, 6.45) is 1.39. The molecule has 1 N–H and O–H groups in total. The molecule has 88 valence electrons. The maximum atomic E-state index is 10.6. The van der Waals surface area contributed by atoms with E-state index in [0.29, 0.717) is 17.0 Å². The van der Waals surface area contributed by atoms with E-state index in [0.717, 1.165) is 0 Å². The fourth-order valence-electron chi connectivity index (χ4n) is 1.47. The average molecular weight is 234 g/mol. The first-order valence-corrected chi connectivity index (χ1v) is 4.83. The Morgan fingerprint density at radius 3 is 2.94 bits per heavy atom. The van der Waals surface area contributed by atoms with Gasteiger partial charge in [-0.05, 0) is 28.1 Å². The van der Waals surface area contributed by atoms with Crippen LogP contribution in [0.2, 0.25) is 0 Å². The molecule has 0 aliphatic rings. The molecule has 0 radical (unpaired) electrons. The lowest BCUT2D eigenvalue weighted by Gasteiger charge is -2.08. The van der Waals surface area contributed by atoms with Gasteiger partial charge in [0.1, 0.15) is 17.8 Å². The van der Waals surface area contributed by atoms with Crippen LogP contribution in [0.25, 0.3) is 5.69 Å². The Balaban J connectivity index is 2.38. The quantitative estimate of drug-likeness (QED) is 0.818. The van der Waals surface area contributed by atoms with Crippen LogP contribution < -0.4 is 4.74 Å². The van der Waals surface area contributed by atoms with Gasteiger partial charge in [-0.3, -0.25) is 4.79 Å². The predicted molar refractivity (Wildman–Crippen MR) is 57.0 cm³/mol. The van der Waals surface area contributed by atoms with Crippen molar-refractivity contribution in [2.75, 3.05) is 7.11 Å². The summed E-state index contributed by atoms with van der Waals surface area (Å²) in [5.74, 6) is -0.363. The number of carboxylic acids is 1. The molecule has 1 heterocycles. The second-order valence-electron chi connectivity index (χ2n) is 3.33. The molecule has 0 aliphatic carbocycles.